The van der Waals surface area contributed by atoms with Gasteiger partial charge in [0, 0.05) is 7.05 Å². The Morgan fingerprint density at radius 2 is 2.14 bits per heavy atom. The Morgan fingerprint density at radius 3 is 2.76 bits per heavy atom. The smallest absolute Gasteiger partial charge is 0.216 e. The molecule has 1 aromatic heterocycles. The molecule has 1 heterocycles. The van der Waals surface area contributed by atoms with Crippen LogP contribution in [0.3, 0.4) is 0 Å². The molecule has 1 unspecified atom stereocenters. The van der Waals surface area contributed by atoms with E-state index in [1.54, 1.807) is 42.8 Å². The lowest BCUT2D eigenvalue weighted by Crippen LogP contribution is -2.29. The van der Waals surface area contributed by atoms with Crippen LogP contribution in [0.25, 0.3) is 0 Å². The zero-order chi connectivity index (χ0) is 15.5. The summed E-state index contributed by atoms with van der Waals surface area (Å²) in [6.45, 7) is 1.69. The molecule has 1 N–H and O–H groups in total. The van der Waals surface area contributed by atoms with E-state index in [0.717, 1.165) is 0 Å². The summed E-state index contributed by atoms with van der Waals surface area (Å²) in [6.07, 6.45) is 1.51. The van der Waals surface area contributed by atoms with Crippen molar-refractivity contribution < 1.29 is 8.42 Å². The van der Waals surface area contributed by atoms with Gasteiger partial charge in [0.05, 0.1) is 23.4 Å². The van der Waals surface area contributed by atoms with Crippen LogP contribution in [0.15, 0.2) is 30.6 Å². The van der Waals surface area contributed by atoms with Crippen LogP contribution in [0, 0.1) is 11.3 Å². The number of rotatable bonds is 5. The zero-order valence-corrected chi connectivity index (χ0v) is 12.5. The van der Waals surface area contributed by atoms with Gasteiger partial charge in [-0.25, -0.2) is 13.1 Å². The molecule has 8 heteroatoms. The second kappa shape index (κ2) is 6.03. The molecule has 2 aromatic rings. The third-order valence-electron chi connectivity index (χ3n) is 2.97. The van der Waals surface area contributed by atoms with Crippen LogP contribution in [0.2, 0.25) is 0 Å². The van der Waals surface area contributed by atoms with Gasteiger partial charge in [-0.15, -0.1) is 10.2 Å². The van der Waals surface area contributed by atoms with Crippen molar-refractivity contribution in [3.63, 3.8) is 0 Å². The number of aromatic nitrogens is 3. The number of aryl methyl sites for hydroxylation is 1. The molecule has 0 aliphatic carbocycles. The highest BCUT2D eigenvalue weighted by atomic mass is 32.2. The van der Waals surface area contributed by atoms with Gasteiger partial charge in [-0.05, 0) is 18.6 Å². The van der Waals surface area contributed by atoms with E-state index in [4.69, 9.17) is 5.26 Å². The van der Waals surface area contributed by atoms with Gasteiger partial charge < -0.3 is 4.57 Å². The highest BCUT2D eigenvalue weighted by Crippen LogP contribution is 2.14. The monoisotopic (exact) mass is 305 g/mol. The quantitative estimate of drug-likeness (QED) is 0.883. The van der Waals surface area contributed by atoms with E-state index >= 15 is 0 Å². The Kier molecular flexibility index (Phi) is 4.35. The van der Waals surface area contributed by atoms with Crippen LogP contribution in [0.1, 0.15) is 29.9 Å². The Balaban J connectivity index is 2.16. The van der Waals surface area contributed by atoms with Crippen molar-refractivity contribution in [2.75, 3.05) is 0 Å². The minimum atomic E-state index is -3.59. The molecule has 0 aliphatic heterocycles. The largest absolute Gasteiger partial charge is 0.319 e. The van der Waals surface area contributed by atoms with Crippen LogP contribution in [-0.2, 0) is 22.8 Å². The molecule has 0 radical (unpaired) electrons. The van der Waals surface area contributed by atoms with E-state index in [0.29, 0.717) is 17.0 Å². The molecule has 110 valence electrons. The summed E-state index contributed by atoms with van der Waals surface area (Å²) in [5, 5.41) is 16.6. The maximum Gasteiger partial charge on any atom is 0.216 e. The van der Waals surface area contributed by atoms with Crippen LogP contribution in [0.4, 0.5) is 0 Å². The first-order valence-electron chi connectivity index (χ1n) is 6.25. The number of hydrogen-bond acceptors (Lipinski definition) is 5. The molecule has 2 rings (SSSR count). The number of benzene rings is 1. The Morgan fingerprint density at radius 1 is 1.43 bits per heavy atom. The third-order valence-corrected chi connectivity index (χ3v) is 4.38. The van der Waals surface area contributed by atoms with Gasteiger partial charge in [0.1, 0.15) is 12.2 Å². The average Bonchev–Trinajstić information content (AvgIpc) is 2.84. The van der Waals surface area contributed by atoms with Crippen molar-refractivity contribution in [2.24, 2.45) is 7.05 Å². The molecule has 0 amide bonds. The molecular weight excluding hydrogens is 290 g/mol. The predicted octanol–water partition coefficient (Wildman–Crippen LogP) is 0.867. The average molecular weight is 305 g/mol. The van der Waals surface area contributed by atoms with Gasteiger partial charge in [-0.1, -0.05) is 18.2 Å². The van der Waals surface area contributed by atoms with Gasteiger partial charge in [0.25, 0.3) is 0 Å². The predicted molar refractivity (Wildman–Crippen MR) is 76.3 cm³/mol. The number of nitriles is 1. The van der Waals surface area contributed by atoms with Gasteiger partial charge >= 0.3 is 0 Å². The summed E-state index contributed by atoms with van der Waals surface area (Å²) in [5.41, 5.74) is 0.826. The van der Waals surface area contributed by atoms with E-state index in [1.807, 2.05) is 6.07 Å². The van der Waals surface area contributed by atoms with Gasteiger partial charge in [-0.3, -0.25) is 0 Å². The minimum Gasteiger partial charge on any atom is -0.319 e. The summed E-state index contributed by atoms with van der Waals surface area (Å²) in [6, 6.07) is 8.12. The Labute approximate surface area is 123 Å². The maximum atomic E-state index is 12.2. The fourth-order valence-corrected chi connectivity index (χ4v) is 3.40. The van der Waals surface area contributed by atoms with Crippen molar-refractivity contribution >= 4 is 10.0 Å². The molecule has 0 bridgehead atoms. The fraction of sp³-hybridized carbons (Fsp3) is 0.308. The molecule has 0 aliphatic rings. The Hall–Kier alpha value is -2.24. The van der Waals surface area contributed by atoms with Crippen molar-refractivity contribution in [3.8, 4) is 6.07 Å². The van der Waals surface area contributed by atoms with Gasteiger partial charge in [-0.2, -0.15) is 5.26 Å². The second-order valence-electron chi connectivity index (χ2n) is 4.67. The van der Waals surface area contributed by atoms with E-state index < -0.39 is 16.1 Å². The topological polar surface area (TPSA) is 101 Å². The summed E-state index contributed by atoms with van der Waals surface area (Å²) in [4.78, 5) is 0. The first-order valence-corrected chi connectivity index (χ1v) is 7.90. The molecular formula is C13H15N5O2S. The molecule has 0 fully saturated rings. The number of hydrogen-bond donors (Lipinski definition) is 1. The van der Waals surface area contributed by atoms with Gasteiger partial charge in [0.2, 0.25) is 10.0 Å². The van der Waals surface area contributed by atoms with Crippen molar-refractivity contribution in [3.05, 3.63) is 47.5 Å². The lowest BCUT2D eigenvalue weighted by atomic mass is 10.1. The van der Waals surface area contributed by atoms with Crippen molar-refractivity contribution in [2.45, 2.75) is 18.7 Å². The van der Waals surface area contributed by atoms with Crippen LogP contribution >= 0.6 is 0 Å². The molecule has 7 nitrogen and oxygen atoms in total. The van der Waals surface area contributed by atoms with E-state index in [9.17, 15) is 8.42 Å². The Bertz CT molecular complexity index is 776. The first kappa shape index (κ1) is 15.2. The standard InChI is InChI=1S/C13H15N5O2S/c1-10(13-16-15-9-18(13)2)17-21(19,20)8-12-6-4-3-5-11(12)7-14/h3-6,9-10,17H,8H2,1-2H3. The minimum absolute atomic E-state index is 0.251. The summed E-state index contributed by atoms with van der Waals surface area (Å²) in [7, 11) is -1.85. The van der Waals surface area contributed by atoms with Crippen LogP contribution in [-0.4, -0.2) is 23.2 Å². The van der Waals surface area contributed by atoms with E-state index in [1.165, 1.54) is 6.33 Å². The van der Waals surface area contributed by atoms with Crippen molar-refractivity contribution in [1.29, 1.82) is 5.26 Å². The molecule has 0 saturated carbocycles. The summed E-state index contributed by atoms with van der Waals surface area (Å²) < 4.78 is 28.6. The zero-order valence-electron chi connectivity index (χ0n) is 11.7. The van der Waals surface area contributed by atoms with Crippen molar-refractivity contribution in [1.82, 2.24) is 19.5 Å². The van der Waals surface area contributed by atoms with E-state index in [2.05, 4.69) is 14.9 Å². The van der Waals surface area contributed by atoms with Crippen LogP contribution in [0.5, 0.6) is 0 Å². The highest BCUT2D eigenvalue weighted by Gasteiger charge is 2.20. The van der Waals surface area contributed by atoms with Gasteiger partial charge in [0.15, 0.2) is 0 Å². The molecule has 0 saturated heterocycles. The number of nitrogens with one attached hydrogen (secondary N) is 1. The molecule has 21 heavy (non-hydrogen) atoms. The maximum absolute atomic E-state index is 12.2. The van der Waals surface area contributed by atoms with E-state index in [-0.39, 0.29) is 5.75 Å². The number of sulfonamides is 1. The number of nitrogens with zero attached hydrogens (tertiary/aromatic N) is 4. The third kappa shape index (κ3) is 3.65. The highest BCUT2D eigenvalue weighted by molar-refractivity contribution is 7.88. The molecule has 1 aromatic carbocycles. The second-order valence-corrected chi connectivity index (χ2v) is 6.42. The SMILES string of the molecule is CC(NS(=O)(=O)Cc1ccccc1C#N)c1nncn1C. The normalized spacial score (nSPS) is 12.8. The van der Waals surface area contributed by atoms with Crippen LogP contribution < -0.4 is 4.72 Å². The summed E-state index contributed by atoms with van der Waals surface area (Å²) >= 11 is 0. The molecule has 1 atom stereocenters. The fourth-order valence-electron chi connectivity index (χ4n) is 2.01. The first-order chi connectivity index (χ1) is 9.93. The summed E-state index contributed by atoms with van der Waals surface area (Å²) in [5.74, 6) is 0.269. The lowest BCUT2D eigenvalue weighted by molar-refractivity contribution is 0.552. The molecule has 0 spiro atoms. The lowest BCUT2D eigenvalue weighted by Gasteiger charge is -2.13.